The van der Waals surface area contributed by atoms with Crippen molar-refractivity contribution < 1.29 is 24.6 Å². The third kappa shape index (κ3) is 6.21. The summed E-state index contributed by atoms with van der Waals surface area (Å²) < 4.78 is 0. The summed E-state index contributed by atoms with van der Waals surface area (Å²) in [5, 5.41) is 21.7. The van der Waals surface area contributed by atoms with E-state index in [0.29, 0.717) is 0 Å². The fraction of sp³-hybridized carbons (Fsp3) is 0.500. The van der Waals surface area contributed by atoms with Crippen molar-refractivity contribution >= 4 is 29.3 Å². The molecule has 1 atom stereocenters. The monoisotopic (exact) mass is 315 g/mol. The number of carbonyl (C=O) groups excluding carboxylic acids is 1. The van der Waals surface area contributed by atoms with Gasteiger partial charge in [-0.3, -0.25) is 4.79 Å². The standard InChI is InChI=1S/C12H17N3O5S/c1-15(5-8-6-21-7-13-8)12(20)14-9(11(18)19)3-2-4-10(16)17/h6-7,9H,2-5H2,1H3,(H,14,20)(H,16,17)(H,18,19)/t9-/m1/s1. The minimum atomic E-state index is -1.18. The summed E-state index contributed by atoms with van der Waals surface area (Å²) in [6.07, 6.45) is 0.120. The van der Waals surface area contributed by atoms with E-state index >= 15 is 0 Å². The van der Waals surface area contributed by atoms with Crippen molar-refractivity contribution in [3.63, 3.8) is 0 Å². The minimum absolute atomic E-state index is 0.0674. The van der Waals surface area contributed by atoms with Crippen LogP contribution in [-0.4, -0.2) is 51.2 Å². The van der Waals surface area contributed by atoms with Gasteiger partial charge in [0.25, 0.3) is 0 Å². The average Bonchev–Trinajstić information content (AvgIpc) is 2.89. The van der Waals surface area contributed by atoms with Crippen molar-refractivity contribution in [2.24, 2.45) is 0 Å². The van der Waals surface area contributed by atoms with Crippen molar-refractivity contribution in [1.82, 2.24) is 15.2 Å². The highest BCUT2D eigenvalue weighted by atomic mass is 32.1. The van der Waals surface area contributed by atoms with E-state index in [2.05, 4.69) is 10.3 Å². The zero-order valence-corrected chi connectivity index (χ0v) is 12.3. The smallest absolute Gasteiger partial charge is 0.326 e. The third-order valence-corrected chi connectivity index (χ3v) is 3.34. The molecule has 0 aliphatic heterocycles. The lowest BCUT2D eigenvalue weighted by atomic mass is 10.1. The number of hydrogen-bond acceptors (Lipinski definition) is 5. The molecule has 1 aromatic rings. The normalized spacial score (nSPS) is 11.7. The Hall–Kier alpha value is -2.16. The topological polar surface area (TPSA) is 120 Å². The van der Waals surface area contributed by atoms with Crippen LogP contribution in [0.3, 0.4) is 0 Å². The predicted molar refractivity (Wildman–Crippen MR) is 75.0 cm³/mol. The maximum atomic E-state index is 11.9. The molecule has 0 saturated heterocycles. The van der Waals surface area contributed by atoms with Gasteiger partial charge in [-0.05, 0) is 12.8 Å². The van der Waals surface area contributed by atoms with Crippen LogP contribution < -0.4 is 5.32 Å². The quantitative estimate of drug-likeness (QED) is 0.658. The second-order valence-corrected chi connectivity index (χ2v) is 5.18. The van der Waals surface area contributed by atoms with Gasteiger partial charge in [-0.25, -0.2) is 14.6 Å². The number of rotatable bonds is 8. The molecule has 21 heavy (non-hydrogen) atoms. The first-order valence-electron chi connectivity index (χ1n) is 6.23. The SMILES string of the molecule is CN(Cc1cscn1)C(=O)N[C@H](CCCC(=O)O)C(=O)O. The number of hydrogen-bond donors (Lipinski definition) is 3. The Labute approximate surface area is 125 Å². The molecular weight excluding hydrogens is 298 g/mol. The highest BCUT2D eigenvalue weighted by Gasteiger charge is 2.22. The first-order valence-corrected chi connectivity index (χ1v) is 7.17. The summed E-state index contributed by atoms with van der Waals surface area (Å²) in [6, 6.07) is -1.64. The predicted octanol–water partition coefficient (Wildman–Crippen LogP) is 0.993. The molecular formula is C12H17N3O5S. The lowest BCUT2D eigenvalue weighted by molar-refractivity contribution is -0.140. The van der Waals surface area contributed by atoms with Gasteiger partial charge in [0.05, 0.1) is 17.7 Å². The van der Waals surface area contributed by atoms with Crippen LogP contribution >= 0.6 is 11.3 Å². The van der Waals surface area contributed by atoms with E-state index in [0.717, 1.165) is 5.69 Å². The van der Waals surface area contributed by atoms with Crippen LogP contribution in [0.1, 0.15) is 25.0 Å². The molecule has 0 aliphatic rings. The Balaban J connectivity index is 2.47. The Bertz CT molecular complexity index is 491. The van der Waals surface area contributed by atoms with E-state index in [1.807, 2.05) is 0 Å². The molecule has 0 saturated carbocycles. The molecule has 2 amide bonds. The summed E-state index contributed by atoms with van der Waals surface area (Å²) in [5.74, 6) is -2.18. The number of urea groups is 1. The number of carbonyl (C=O) groups is 3. The van der Waals surface area contributed by atoms with E-state index in [-0.39, 0.29) is 25.8 Å². The maximum absolute atomic E-state index is 11.9. The molecule has 0 aromatic carbocycles. The molecule has 116 valence electrons. The van der Waals surface area contributed by atoms with Gasteiger partial charge in [0.1, 0.15) is 6.04 Å². The second kappa shape index (κ2) is 8.20. The molecule has 0 unspecified atom stereocenters. The number of carboxylic acids is 2. The largest absolute Gasteiger partial charge is 0.481 e. The third-order valence-electron chi connectivity index (χ3n) is 2.71. The van der Waals surface area contributed by atoms with Gasteiger partial charge in [0, 0.05) is 18.8 Å². The van der Waals surface area contributed by atoms with Crippen LogP contribution in [0.2, 0.25) is 0 Å². The maximum Gasteiger partial charge on any atom is 0.326 e. The second-order valence-electron chi connectivity index (χ2n) is 4.46. The molecule has 0 fully saturated rings. The molecule has 9 heteroatoms. The number of thiazole rings is 1. The number of amides is 2. The highest BCUT2D eigenvalue weighted by molar-refractivity contribution is 7.07. The lowest BCUT2D eigenvalue weighted by Crippen LogP contribution is -2.46. The summed E-state index contributed by atoms with van der Waals surface area (Å²) in [7, 11) is 1.53. The molecule has 0 aliphatic carbocycles. The lowest BCUT2D eigenvalue weighted by Gasteiger charge is -2.20. The Morgan fingerprint density at radius 3 is 2.67 bits per heavy atom. The Morgan fingerprint density at radius 1 is 1.43 bits per heavy atom. The molecule has 0 bridgehead atoms. The van der Waals surface area contributed by atoms with Gasteiger partial charge in [-0.15, -0.1) is 11.3 Å². The van der Waals surface area contributed by atoms with Crippen molar-refractivity contribution in [3.05, 3.63) is 16.6 Å². The van der Waals surface area contributed by atoms with Crippen LogP contribution in [0.25, 0.3) is 0 Å². The van der Waals surface area contributed by atoms with Crippen LogP contribution in [0.15, 0.2) is 10.9 Å². The molecule has 1 aromatic heterocycles. The number of nitrogens with one attached hydrogen (secondary N) is 1. The van der Waals surface area contributed by atoms with Crippen LogP contribution in [0.5, 0.6) is 0 Å². The van der Waals surface area contributed by atoms with E-state index in [1.165, 1.54) is 23.3 Å². The van der Waals surface area contributed by atoms with Gasteiger partial charge in [0.15, 0.2) is 0 Å². The molecule has 0 spiro atoms. The first kappa shape index (κ1) is 16.9. The van der Waals surface area contributed by atoms with E-state index in [4.69, 9.17) is 10.2 Å². The van der Waals surface area contributed by atoms with E-state index in [9.17, 15) is 14.4 Å². The van der Waals surface area contributed by atoms with Gasteiger partial charge < -0.3 is 20.4 Å². The molecule has 8 nitrogen and oxygen atoms in total. The summed E-state index contributed by atoms with van der Waals surface area (Å²) in [4.78, 5) is 38.7. The number of nitrogens with zero attached hydrogens (tertiary/aromatic N) is 2. The molecule has 1 heterocycles. The fourth-order valence-corrected chi connectivity index (χ4v) is 2.15. The molecule has 3 N–H and O–H groups in total. The summed E-state index contributed by atoms with van der Waals surface area (Å²) >= 11 is 1.41. The van der Waals surface area contributed by atoms with Gasteiger partial charge in [0.2, 0.25) is 0 Å². The minimum Gasteiger partial charge on any atom is -0.481 e. The van der Waals surface area contributed by atoms with Gasteiger partial charge in [-0.1, -0.05) is 0 Å². The zero-order valence-electron chi connectivity index (χ0n) is 11.5. The number of carboxylic acid groups (broad SMARTS) is 2. The van der Waals surface area contributed by atoms with Crippen LogP contribution in [0, 0.1) is 0 Å². The first-order chi connectivity index (χ1) is 9.90. The van der Waals surface area contributed by atoms with Gasteiger partial charge in [-0.2, -0.15) is 0 Å². The fourth-order valence-electron chi connectivity index (χ4n) is 1.60. The highest BCUT2D eigenvalue weighted by Crippen LogP contribution is 2.06. The molecule has 0 radical (unpaired) electrons. The van der Waals surface area contributed by atoms with Crippen molar-refractivity contribution in [1.29, 1.82) is 0 Å². The Kier molecular flexibility index (Phi) is 6.60. The average molecular weight is 315 g/mol. The van der Waals surface area contributed by atoms with E-state index < -0.39 is 24.0 Å². The van der Waals surface area contributed by atoms with Crippen molar-refractivity contribution in [2.75, 3.05) is 7.05 Å². The number of aliphatic carboxylic acids is 2. The zero-order chi connectivity index (χ0) is 15.8. The number of aromatic nitrogens is 1. The molecule has 1 rings (SSSR count). The van der Waals surface area contributed by atoms with E-state index in [1.54, 1.807) is 10.9 Å². The van der Waals surface area contributed by atoms with Crippen LogP contribution in [0.4, 0.5) is 4.79 Å². The summed E-state index contributed by atoms with van der Waals surface area (Å²) in [6.45, 7) is 0.275. The summed E-state index contributed by atoms with van der Waals surface area (Å²) in [5.41, 5.74) is 2.36. The van der Waals surface area contributed by atoms with Crippen LogP contribution in [-0.2, 0) is 16.1 Å². The van der Waals surface area contributed by atoms with Gasteiger partial charge >= 0.3 is 18.0 Å². The van der Waals surface area contributed by atoms with Crippen molar-refractivity contribution in [3.8, 4) is 0 Å². The van der Waals surface area contributed by atoms with Crippen molar-refractivity contribution in [2.45, 2.75) is 31.8 Å². The Morgan fingerprint density at radius 2 is 2.14 bits per heavy atom.